The van der Waals surface area contributed by atoms with E-state index in [0.717, 1.165) is 101 Å². The number of aryl methyl sites for hydroxylation is 1. The number of hydrogen-bond donors (Lipinski definition) is 0. The maximum atomic E-state index is 4.74. The van der Waals surface area contributed by atoms with E-state index < -0.39 is 0 Å². The van der Waals surface area contributed by atoms with Crippen molar-refractivity contribution in [1.82, 2.24) is 29.9 Å². The Morgan fingerprint density at radius 1 is 0.265 bits per heavy atom. The van der Waals surface area contributed by atoms with Crippen molar-refractivity contribution < 1.29 is 80.4 Å². The SMILES string of the molecule is CC(C)(C)c1cc[c-]c(-c2ccc3ccccc3n2)c1.CCc1cc[c-]c(-c2ccc3ccccc3n2)c1.[Ir].[Ir].[Ir].[Ir].[c-]1cc2ccccc2cc1-c1ccc2ccccc2n1.[c-]1ccccc1-c1ccc2ccccc2n1.[c-]1ccccc1-c1ccccn1.[c-]1ccccc1-c1ccccn1. The number of para-hydroxylation sites is 4. The topological polar surface area (TPSA) is 77.3 Å². The minimum atomic E-state index is 0. The molecule has 0 aliphatic carbocycles. The number of aromatic nitrogens is 6. The van der Waals surface area contributed by atoms with Crippen LogP contribution in [-0.2, 0) is 92.3 Å². The van der Waals surface area contributed by atoms with Crippen molar-refractivity contribution in [2.75, 3.05) is 0 Å². The van der Waals surface area contributed by atoms with Gasteiger partial charge in [-0.2, -0.15) is 0 Å². The van der Waals surface area contributed by atoms with Crippen LogP contribution in [0.25, 0.3) is 122 Å². The molecule has 0 N–H and O–H groups in total. The molecule has 0 amide bonds. The van der Waals surface area contributed by atoms with Gasteiger partial charge in [-0.3, -0.25) is 19.9 Å². The van der Waals surface area contributed by atoms with Gasteiger partial charge in [-0.1, -0.05) is 203 Å². The molecule has 510 valence electrons. The molecule has 0 fully saturated rings. The molecule has 0 saturated carbocycles. The van der Waals surface area contributed by atoms with Crippen LogP contribution in [-0.4, -0.2) is 29.9 Å². The maximum Gasteiger partial charge on any atom is 0.0595 e. The Balaban J connectivity index is 0.000000156. The molecule has 0 spiro atoms. The van der Waals surface area contributed by atoms with Crippen LogP contribution in [0.1, 0.15) is 38.8 Å². The fourth-order valence-electron chi connectivity index (χ4n) is 10.8. The molecule has 0 unspecified atom stereocenters. The van der Waals surface area contributed by atoms with Crippen molar-refractivity contribution in [3.8, 4) is 67.5 Å². The van der Waals surface area contributed by atoms with E-state index in [2.05, 4.69) is 199 Å². The summed E-state index contributed by atoms with van der Waals surface area (Å²) in [6, 6.07) is 129. The summed E-state index contributed by atoms with van der Waals surface area (Å²) in [7, 11) is 0. The average molecular weight is 2030 g/mol. The third-order valence-electron chi connectivity index (χ3n) is 16.1. The Bertz CT molecular complexity index is 5150. The summed E-state index contributed by atoms with van der Waals surface area (Å²) >= 11 is 0. The second-order valence-corrected chi connectivity index (χ2v) is 24.0. The first-order valence-corrected chi connectivity index (χ1v) is 32.8. The van der Waals surface area contributed by atoms with Gasteiger partial charge in [0.15, 0.2) is 0 Å². The number of nitrogens with zero attached hydrogens (tertiary/aromatic N) is 6. The Hall–Kier alpha value is -9.78. The predicted octanol–water partition coefficient (Wildman–Crippen LogP) is 22.9. The quantitative estimate of drug-likeness (QED) is 0.148. The van der Waals surface area contributed by atoms with E-state index in [1.165, 1.54) is 38.1 Å². The predicted molar refractivity (Wildman–Crippen MR) is 407 cm³/mol. The molecule has 0 bridgehead atoms. The van der Waals surface area contributed by atoms with Crippen molar-refractivity contribution in [2.45, 2.75) is 39.5 Å². The maximum absolute atomic E-state index is 4.74. The molecule has 10 heteroatoms. The third kappa shape index (κ3) is 21.6. The van der Waals surface area contributed by atoms with E-state index in [1.54, 1.807) is 12.4 Å². The van der Waals surface area contributed by atoms with Crippen molar-refractivity contribution in [3.63, 3.8) is 0 Å². The molecule has 0 aliphatic rings. The molecule has 4 radical (unpaired) electrons. The zero-order valence-electron chi connectivity index (χ0n) is 56.6. The van der Waals surface area contributed by atoms with Gasteiger partial charge in [0.05, 0.1) is 22.1 Å². The Morgan fingerprint density at radius 2 is 0.598 bits per heavy atom. The molecule has 6 nitrogen and oxygen atoms in total. The van der Waals surface area contributed by atoms with Crippen molar-refractivity contribution >= 4 is 54.4 Å². The van der Waals surface area contributed by atoms with Gasteiger partial charge < -0.3 is 9.97 Å². The molecule has 17 aromatic rings. The summed E-state index contributed by atoms with van der Waals surface area (Å²) in [5.41, 5.74) is 19.0. The Morgan fingerprint density at radius 3 is 0.980 bits per heavy atom. The van der Waals surface area contributed by atoms with Gasteiger partial charge in [0.25, 0.3) is 0 Å². The molecule has 17 rings (SSSR count). The summed E-state index contributed by atoms with van der Waals surface area (Å²) in [5.74, 6) is 0. The summed E-state index contributed by atoms with van der Waals surface area (Å²) in [6.45, 7) is 8.83. The first kappa shape index (κ1) is 77.9. The molecular formula is C92H70Ir4N6-6. The molecule has 11 aromatic carbocycles. The minimum absolute atomic E-state index is 0. The van der Waals surface area contributed by atoms with Gasteiger partial charge in [0, 0.05) is 92.8 Å². The molecule has 6 heterocycles. The number of rotatable bonds is 7. The molecule has 6 aromatic heterocycles. The van der Waals surface area contributed by atoms with Crippen LogP contribution in [0.5, 0.6) is 0 Å². The normalized spacial score (nSPS) is 10.3. The standard InChI is InChI=1S/C19H12N.C19H18N.C17H14N.C15H10N.2C11H8N.4Ir/c1-2-7-16-13-17(10-9-14(16)5-1)19-12-11-15-6-3-4-8-18(15)20-19;1-19(2,3)16-9-6-8-15(13-16)18-12-11-14-7-4-5-10-17(14)20-18;1-2-13-6-5-8-15(12-13)17-11-10-14-7-3-4-9-16(14)18-17;1-2-6-12(7-3-1)15-11-10-13-8-4-5-9-14(13)16-15;2*1-2-6-10(7-3-1)11-8-4-5-9-12-11;;;;/h1-9,11-13H;4-7,9-13H,1-3H3;3-7,9-12H,2H2,1H3;1-6,8-11H;2*1-6,8-9H;;;;/q6*-1;;;;. The van der Waals surface area contributed by atoms with Crippen LogP contribution in [0.15, 0.2) is 340 Å². The molecule has 0 aliphatic heterocycles. The van der Waals surface area contributed by atoms with Gasteiger partial charge in [0.1, 0.15) is 0 Å². The van der Waals surface area contributed by atoms with E-state index in [4.69, 9.17) is 9.97 Å². The van der Waals surface area contributed by atoms with Crippen molar-refractivity contribution in [1.29, 1.82) is 0 Å². The van der Waals surface area contributed by atoms with Crippen LogP contribution < -0.4 is 0 Å². The van der Waals surface area contributed by atoms with Crippen LogP contribution in [0.3, 0.4) is 0 Å². The van der Waals surface area contributed by atoms with Gasteiger partial charge in [-0.05, 0) is 104 Å². The first-order valence-electron chi connectivity index (χ1n) is 32.8. The van der Waals surface area contributed by atoms with E-state index in [-0.39, 0.29) is 85.8 Å². The van der Waals surface area contributed by atoms with Crippen LogP contribution >= 0.6 is 0 Å². The van der Waals surface area contributed by atoms with E-state index in [0.29, 0.717) is 0 Å². The number of benzene rings is 11. The summed E-state index contributed by atoms with van der Waals surface area (Å²) in [4.78, 5) is 27.2. The molecule has 0 saturated heterocycles. The van der Waals surface area contributed by atoms with Gasteiger partial charge in [-0.15, -0.1) is 208 Å². The van der Waals surface area contributed by atoms with Gasteiger partial charge >= 0.3 is 0 Å². The van der Waals surface area contributed by atoms with Crippen LogP contribution in [0, 0.1) is 36.4 Å². The number of fused-ring (bicyclic) bond motifs is 5. The van der Waals surface area contributed by atoms with Gasteiger partial charge in [-0.25, -0.2) is 0 Å². The first-order chi connectivity index (χ1) is 48.2. The van der Waals surface area contributed by atoms with E-state index in [1.807, 2.05) is 212 Å². The Labute approximate surface area is 653 Å². The van der Waals surface area contributed by atoms with E-state index >= 15 is 0 Å². The fourth-order valence-corrected chi connectivity index (χ4v) is 10.8. The molecular weight excluding hydrogens is 1960 g/mol. The van der Waals surface area contributed by atoms with Crippen LogP contribution in [0.2, 0.25) is 0 Å². The summed E-state index contributed by atoms with van der Waals surface area (Å²) < 4.78 is 0. The second-order valence-electron chi connectivity index (χ2n) is 24.0. The second kappa shape index (κ2) is 39.4. The van der Waals surface area contributed by atoms with Gasteiger partial charge in [0.2, 0.25) is 0 Å². The minimum Gasteiger partial charge on any atom is -0.305 e. The molecule has 0 atom stereocenters. The summed E-state index contributed by atoms with van der Waals surface area (Å²) in [6.07, 6.45) is 4.61. The number of pyridine rings is 6. The van der Waals surface area contributed by atoms with Crippen LogP contribution in [0.4, 0.5) is 0 Å². The zero-order valence-corrected chi connectivity index (χ0v) is 66.1. The third-order valence-corrected chi connectivity index (χ3v) is 16.1. The fraction of sp³-hybridized carbons (Fsp3) is 0.0652. The zero-order chi connectivity index (χ0) is 67.1. The summed E-state index contributed by atoms with van der Waals surface area (Å²) in [5, 5.41) is 7.10. The van der Waals surface area contributed by atoms with E-state index in [9.17, 15) is 0 Å². The van der Waals surface area contributed by atoms with Crippen molar-refractivity contribution in [2.24, 2.45) is 0 Å². The number of hydrogen-bond acceptors (Lipinski definition) is 6. The molecule has 102 heavy (non-hydrogen) atoms. The largest absolute Gasteiger partial charge is 0.305 e. The monoisotopic (exact) mass is 2030 g/mol. The Kier molecular flexibility index (Phi) is 30.1. The smallest absolute Gasteiger partial charge is 0.0595 e. The van der Waals surface area contributed by atoms with Crippen molar-refractivity contribution in [3.05, 3.63) is 388 Å². The average Bonchev–Trinajstić information content (AvgIpc) is 0.823.